The van der Waals surface area contributed by atoms with Crippen LogP contribution in [0.1, 0.15) is 27.6 Å². The van der Waals surface area contributed by atoms with Crippen LogP contribution in [0.5, 0.6) is 0 Å². The summed E-state index contributed by atoms with van der Waals surface area (Å²) in [4.78, 5) is 17.2. The van der Waals surface area contributed by atoms with E-state index in [1.54, 1.807) is 6.20 Å². The molecule has 3 aromatic rings. The van der Waals surface area contributed by atoms with Crippen molar-refractivity contribution in [1.82, 2.24) is 10.3 Å². The number of halogens is 1. The Labute approximate surface area is 138 Å². The van der Waals surface area contributed by atoms with Gasteiger partial charge in [-0.05, 0) is 25.1 Å². The van der Waals surface area contributed by atoms with Crippen LogP contribution in [0.2, 0.25) is 0 Å². The zero-order valence-corrected chi connectivity index (χ0v) is 14.3. The third kappa shape index (κ3) is 2.81. The number of thiophene rings is 1. The number of hydrogen-bond acceptors (Lipinski definition) is 5. The van der Waals surface area contributed by atoms with Crippen LogP contribution >= 0.6 is 38.6 Å². The number of amides is 1. The minimum atomic E-state index is -0.160. The number of fused-ring (bicyclic) bond motifs is 1. The molecule has 0 bridgehead atoms. The molecule has 0 aliphatic rings. The molecule has 3 N–H and O–H groups in total. The van der Waals surface area contributed by atoms with Gasteiger partial charge in [-0.1, -0.05) is 15.9 Å². The molecule has 0 fully saturated rings. The molecular weight excluding hydrogens is 370 g/mol. The van der Waals surface area contributed by atoms with Gasteiger partial charge in [0, 0.05) is 26.1 Å². The number of nitrogens with two attached hydrogens (primary N) is 1. The standard InChI is InChI=1S/C14H12BrN3OS2/c1-7(14-17-4-5-20-14)18-13(19)12-11(16)9-6-8(15)2-3-10(9)21-12/h2-7H,16H2,1H3,(H,18,19). The van der Waals surface area contributed by atoms with Gasteiger partial charge in [-0.15, -0.1) is 22.7 Å². The summed E-state index contributed by atoms with van der Waals surface area (Å²) in [6.45, 7) is 1.91. The van der Waals surface area contributed by atoms with Crippen molar-refractivity contribution in [3.63, 3.8) is 0 Å². The first-order valence-corrected chi connectivity index (χ1v) is 8.73. The second kappa shape index (κ2) is 5.75. The smallest absolute Gasteiger partial charge is 0.264 e. The Balaban J connectivity index is 1.89. The third-order valence-electron chi connectivity index (χ3n) is 3.06. The van der Waals surface area contributed by atoms with Gasteiger partial charge in [-0.25, -0.2) is 4.98 Å². The molecule has 108 valence electrons. The largest absolute Gasteiger partial charge is 0.397 e. The van der Waals surface area contributed by atoms with E-state index in [9.17, 15) is 4.79 Å². The molecule has 0 spiro atoms. The van der Waals surface area contributed by atoms with E-state index >= 15 is 0 Å². The lowest BCUT2D eigenvalue weighted by atomic mass is 10.2. The molecule has 0 radical (unpaired) electrons. The summed E-state index contributed by atoms with van der Waals surface area (Å²) in [6.07, 6.45) is 1.73. The molecule has 0 saturated carbocycles. The number of hydrogen-bond donors (Lipinski definition) is 2. The van der Waals surface area contributed by atoms with Crippen molar-refractivity contribution in [3.05, 3.63) is 44.1 Å². The maximum atomic E-state index is 12.4. The van der Waals surface area contributed by atoms with E-state index in [1.165, 1.54) is 22.7 Å². The summed E-state index contributed by atoms with van der Waals surface area (Å²) in [6, 6.07) is 5.70. The number of nitrogens with one attached hydrogen (secondary N) is 1. The van der Waals surface area contributed by atoms with Crippen molar-refractivity contribution in [1.29, 1.82) is 0 Å². The van der Waals surface area contributed by atoms with Crippen LogP contribution in [0.4, 0.5) is 5.69 Å². The first kappa shape index (κ1) is 14.5. The molecule has 21 heavy (non-hydrogen) atoms. The molecule has 2 heterocycles. The van der Waals surface area contributed by atoms with E-state index in [1.807, 2.05) is 30.5 Å². The highest BCUT2D eigenvalue weighted by Crippen LogP contribution is 2.35. The van der Waals surface area contributed by atoms with Gasteiger partial charge in [0.25, 0.3) is 5.91 Å². The summed E-state index contributed by atoms with van der Waals surface area (Å²) in [7, 11) is 0. The van der Waals surface area contributed by atoms with E-state index in [0.717, 1.165) is 19.6 Å². The van der Waals surface area contributed by atoms with E-state index < -0.39 is 0 Å². The SMILES string of the molecule is CC(NC(=O)c1sc2ccc(Br)cc2c1N)c1nccs1. The van der Waals surface area contributed by atoms with Crippen molar-refractivity contribution in [2.24, 2.45) is 0 Å². The van der Waals surface area contributed by atoms with Crippen molar-refractivity contribution in [2.45, 2.75) is 13.0 Å². The molecule has 3 rings (SSSR count). The molecule has 1 unspecified atom stereocenters. The van der Waals surface area contributed by atoms with Gasteiger partial charge >= 0.3 is 0 Å². The number of anilines is 1. The minimum Gasteiger partial charge on any atom is -0.397 e. The fourth-order valence-electron chi connectivity index (χ4n) is 2.03. The van der Waals surface area contributed by atoms with Gasteiger partial charge in [-0.2, -0.15) is 0 Å². The van der Waals surface area contributed by atoms with Crippen LogP contribution in [-0.4, -0.2) is 10.9 Å². The number of rotatable bonds is 3. The van der Waals surface area contributed by atoms with E-state index in [-0.39, 0.29) is 11.9 Å². The fraction of sp³-hybridized carbons (Fsp3) is 0.143. The van der Waals surface area contributed by atoms with Crippen molar-refractivity contribution in [3.8, 4) is 0 Å². The molecule has 0 aliphatic carbocycles. The number of carbonyl (C=O) groups is 1. The molecule has 1 atom stereocenters. The predicted octanol–water partition coefficient (Wildman–Crippen LogP) is 4.19. The molecule has 1 amide bonds. The Hall–Kier alpha value is -1.44. The molecule has 7 heteroatoms. The molecule has 2 aromatic heterocycles. The Morgan fingerprint density at radius 3 is 3.00 bits per heavy atom. The van der Waals surface area contributed by atoms with Gasteiger partial charge < -0.3 is 11.1 Å². The zero-order valence-electron chi connectivity index (χ0n) is 11.1. The monoisotopic (exact) mass is 381 g/mol. The summed E-state index contributed by atoms with van der Waals surface area (Å²) >= 11 is 6.35. The summed E-state index contributed by atoms with van der Waals surface area (Å²) in [5, 5.41) is 6.62. The fourth-order valence-corrected chi connectivity index (χ4v) is 4.04. The summed E-state index contributed by atoms with van der Waals surface area (Å²) in [5.41, 5.74) is 6.65. The minimum absolute atomic E-state index is 0.131. The van der Waals surface area contributed by atoms with E-state index in [0.29, 0.717) is 10.6 Å². The highest BCUT2D eigenvalue weighted by Gasteiger charge is 2.19. The summed E-state index contributed by atoms with van der Waals surface area (Å²) in [5.74, 6) is -0.160. The quantitative estimate of drug-likeness (QED) is 0.714. The average Bonchev–Trinajstić information content (AvgIpc) is 3.08. The summed E-state index contributed by atoms with van der Waals surface area (Å²) < 4.78 is 1.95. The van der Waals surface area contributed by atoms with Crippen LogP contribution in [-0.2, 0) is 0 Å². The highest BCUT2D eigenvalue weighted by atomic mass is 79.9. The second-order valence-corrected chi connectivity index (χ2v) is 7.44. The Kier molecular flexibility index (Phi) is 3.97. The van der Waals surface area contributed by atoms with E-state index in [4.69, 9.17) is 5.73 Å². The molecule has 1 aromatic carbocycles. The van der Waals surface area contributed by atoms with Crippen LogP contribution in [0.25, 0.3) is 10.1 Å². The number of thiazole rings is 1. The van der Waals surface area contributed by atoms with Gasteiger partial charge in [0.2, 0.25) is 0 Å². The molecule has 0 saturated heterocycles. The average molecular weight is 382 g/mol. The van der Waals surface area contributed by atoms with Crippen LogP contribution in [0.15, 0.2) is 34.2 Å². The van der Waals surface area contributed by atoms with Gasteiger partial charge in [0.05, 0.1) is 11.7 Å². The van der Waals surface area contributed by atoms with Crippen molar-refractivity contribution >= 4 is 60.3 Å². The van der Waals surface area contributed by atoms with Crippen LogP contribution < -0.4 is 11.1 Å². The lowest BCUT2D eigenvalue weighted by Gasteiger charge is -2.10. The molecule has 4 nitrogen and oxygen atoms in total. The topological polar surface area (TPSA) is 68.0 Å². The van der Waals surface area contributed by atoms with Crippen LogP contribution in [0.3, 0.4) is 0 Å². The third-order valence-corrected chi connectivity index (χ3v) is 5.70. The number of nitrogen functional groups attached to an aromatic ring is 1. The first-order valence-electron chi connectivity index (χ1n) is 6.24. The van der Waals surface area contributed by atoms with Crippen LogP contribution in [0, 0.1) is 0 Å². The number of aromatic nitrogens is 1. The second-order valence-electron chi connectivity index (χ2n) is 4.55. The first-order chi connectivity index (χ1) is 10.1. The van der Waals surface area contributed by atoms with E-state index in [2.05, 4.69) is 26.2 Å². The lowest BCUT2D eigenvalue weighted by molar-refractivity contribution is 0.0945. The normalized spacial score (nSPS) is 12.5. The molecule has 0 aliphatic heterocycles. The lowest BCUT2D eigenvalue weighted by Crippen LogP contribution is -2.26. The maximum Gasteiger partial charge on any atom is 0.264 e. The number of carbonyl (C=O) groups excluding carboxylic acids is 1. The Morgan fingerprint density at radius 2 is 2.29 bits per heavy atom. The number of nitrogens with zero attached hydrogens (tertiary/aromatic N) is 1. The predicted molar refractivity (Wildman–Crippen MR) is 91.9 cm³/mol. The van der Waals surface area contributed by atoms with Crippen molar-refractivity contribution < 1.29 is 4.79 Å². The van der Waals surface area contributed by atoms with Gasteiger partial charge in [0.1, 0.15) is 9.88 Å². The Bertz CT molecular complexity index is 798. The molecular formula is C14H12BrN3OS2. The number of benzene rings is 1. The highest BCUT2D eigenvalue weighted by molar-refractivity contribution is 9.10. The van der Waals surface area contributed by atoms with Gasteiger partial charge in [-0.3, -0.25) is 4.79 Å². The zero-order chi connectivity index (χ0) is 15.0. The Morgan fingerprint density at radius 1 is 1.48 bits per heavy atom. The van der Waals surface area contributed by atoms with Crippen molar-refractivity contribution in [2.75, 3.05) is 5.73 Å². The maximum absolute atomic E-state index is 12.4. The van der Waals surface area contributed by atoms with Gasteiger partial charge in [0.15, 0.2) is 0 Å².